The molecule has 0 rings (SSSR count). The van der Waals surface area contributed by atoms with Crippen molar-refractivity contribution in [2.24, 2.45) is 0 Å². The van der Waals surface area contributed by atoms with E-state index >= 15 is 0 Å². The molecule has 0 bridgehead atoms. The number of rotatable bonds is 10. The minimum atomic E-state index is 0.0473. The molecule has 0 radical (unpaired) electrons. The van der Waals surface area contributed by atoms with E-state index in [1.807, 2.05) is 6.92 Å². The molecule has 0 saturated heterocycles. The molecule has 0 fully saturated rings. The monoisotopic (exact) mass is 220 g/mol. The van der Waals surface area contributed by atoms with Crippen LogP contribution in [0.25, 0.3) is 0 Å². The van der Waals surface area contributed by atoms with Gasteiger partial charge in [0, 0.05) is 0 Å². The summed E-state index contributed by atoms with van der Waals surface area (Å²) in [5, 5.41) is 8.09. The third-order valence-corrected chi connectivity index (χ3v) is 2.21. The predicted molar refractivity (Wildman–Crippen MR) is 58.9 cm³/mol. The number of hydrogen-bond acceptors (Lipinski definition) is 4. The summed E-state index contributed by atoms with van der Waals surface area (Å²) in [5.41, 5.74) is 0. The molecule has 4 heteroatoms. The molecule has 2 atom stereocenters. The first kappa shape index (κ1) is 14.8. The summed E-state index contributed by atoms with van der Waals surface area (Å²) in [7, 11) is 0. The normalized spacial score (nSPS) is 15.2. The Morgan fingerprint density at radius 2 is 1.87 bits per heavy atom. The van der Waals surface area contributed by atoms with Gasteiger partial charge in [0.25, 0.3) is 0 Å². The lowest BCUT2D eigenvalue weighted by Gasteiger charge is -2.18. The second-order valence-corrected chi connectivity index (χ2v) is 3.67. The van der Waals surface area contributed by atoms with Gasteiger partial charge in [-0.2, -0.15) is 0 Å². The molecule has 0 aromatic rings. The SMILES string of the molecule is CCCC(CC)OCC(C)OCCOO. The molecule has 4 nitrogen and oxygen atoms in total. The fourth-order valence-electron chi connectivity index (χ4n) is 1.33. The van der Waals surface area contributed by atoms with Crippen molar-refractivity contribution in [3.05, 3.63) is 0 Å². The predicted octanol–water partition coefficient (Wildman–Crippen LogP) is 2.48. The van der Waals surface area contributed by atoms with Crippen LogP contribution in [0, 0.1) is 0 Å². The maximum absolute atomic E-state index is 8.09. The molecule has 0 amide bonds. The first-order valence-electron chi connectivity index (χ1n) is 5.74. The molecule has 2 unspecified atom stereocenters. The molecule has 0 aliphatic rings. The van der Waals surface area contributed by atoms with Crippen LogP contribution in [-0.4, -0.2) is 37.3 Å². The number of hydrogen-bond donors (Lipinski definition) is 1. The standard InChI is InChI=1S/C11H24O4/c1-4-6-11(5-2)14-9-10(3)13-7-8-15-12/h10-12H,4-9H2,1-3H3. The van der Waals surface area contributed by atoms with E-state index < -0.39 is 0 Å². The third kappa shape index (κ3) is 8.81. The topological polar surface area (TPSA) is 47.9 Å². The van der Waals surface area contributed by atoms with Crippen molar-refractivity contribution < 1.29 is 19.6 Å². The minimum Gasteiger partial charge on any atom is -0.376 e. The van der Waals surface area contributed by atoms with Crippen molar-refractivity contribution in [1.82, 2.24) is 0 Å². The first-order valence-corrected chi connectivity index (χ1v) is 5.74. The van der Waals surface area contributed by atoms with Crippen molar-refractivity contribution in [2.45, 2.75) is 52.2 Å². The summed E-state index contributed by atoms with van der Waals surface area (Å²) in [6.07, 6.45) is 3.68. The molecule has 0 heterocycles. The van der Waals surface area contributed by atoms with Crippen molar-refractivity contribution >= 4 is 0 Å². The number of ether oxygens (including phenoxy) is 2. The Morgan fingerprint density at radius 1 is 1.13 bits per heavy atom. The van der Waals surface area contributed by atoms with Gasteiger partial charge in [0.05, 0.1) is 25.4 Å². The van der Waals surface area contributed by atoms with Crippen molar-refractivity contribution in [1.29, 1.82) is 0 Å². The van der Waals surface area contributed by atoms with E-state index in [-0.39, 0.29) is 12.7 Å². The average Bonchev–Trinajstić information content (AvgIpc) is 2.24. The Labute approximate surface area is 92.5 Å². The van der Waals surface area contributed by atoms with Gasteiger partial charge in [-0.05, 0) is 19.8 Å². The first-order chi connectivity index (χ1) is 7.24. The maximum atomic E-state index is 8.09. The summed E-state index contributed by atoms with van der Waals surface area (Å²) in [6.45, 7) is 7.44. The second kappa shape index (κ2) is 10.4. The van der Waals surface area contributed by atoms with Gasteiger partial charge in [-0.1, -0.05) is 20.3 Å². The third-order valence-electron chi connectivity index (χ3n) is 2.21. The molecule has 0 aromatic carbocycles. The molecule has 0 spiro atoms. The fraction of sp³-hybridized carbons (Fsp3) is 1.00. The zero-order valence-electron chi connectivity index (χ0n) is 10.1. The Bertz CT molecular complexity index is 130. The molecule has 0 saturated carbocycles. The van der Waals surface area contributed by atoms with E-state index in [0.717, 1.165) is 19.3 Å². The quantitative estimate of drug-likeness (QED) is 0.349. The minimum absolute atomic E-state index is 0.0473. The van der Waals surface area contributed by atoms with Gasteiger partial charge in [-0.3, -0.25) is 5.26 Å². The second-order valence-electron chi connectivity index (χ2n) is 3.67. The van der Waals surface area contributed by atoms with Crippen LogP contribution in [0.4, 0.5) is 0 Å². The van der Waals surface area contributed by atoms with Crippen LogP contribution in [0.2, 0.25) is 0 Å². The van der Waals surface area contributed by atoms with Crippen LogP contribution in [0.15, 0.2) is 0 Å². The highest BCUT2D eigenvalue weighted by molar-refractivity contribution is 4.56. The molecular formula is C11H24O4. The Balaban J connectivity index is 3.45. The lowest BCUT2D eigenvalue weighted by molar-refractivity contribution is -0.251. The van der Waals surface area contributed by atoms with E-state index in [2.05, 4.69) is 18.7 Å². The lowest BCUT2D eigenvalue weighted by atomic mass is 10.1. The van der Waals surface area contributed by atoms with Crippen LogP contribution in [0.5, 0.6) is 0 Å². The molecule has 92 valence electrons. The summed E-state index contributed by atoms with van der Waals surface area (Å²) in [6, 6.07) is 0. The van der Waals surface area contributed by atoms with Crippen LogP contribution in [0.1, 0.15) is 40.0 Å². The zero-order valence-corrected chi connectivity index (χ0v) is 10.1. The highest BCUT2D eigenvalue weighted by atomic mass is 17.1. The molecular weight excluding hydrogens is 196 g/mol. The van der Waals surface area contributed by atoms with Gasteiger partial charge < -0.3 is 9.47 Å². The van der Waals surface area contributed by atoms with Crippen molar-refractivity contribution in [3.63, 3.8) is 0 Å². The highest BCUT2D eigenvalue weighted by Crippen LogP contribution is 2.07. The summed E-state index contributed by atoms with van der Waals surface area (Å²) in [4.78, 5) is 3.91. The Hall–Kier alpha value is -0.160. The van der Waals surface area contributed by atoms with Crippen molar-refractivity contribution in [2.75, 3.05) is 19.8 Å². The van der Waals surface area contributed by atoms with Crippen LogP contribution >= 0.6 is 0 Å². The van der Waals surface area contributed by atoms with Gasteiger partial charge in [0.1, 0.15) is 6.61 Å². The van der Waals surface area contributed by atoms with E-state index in [1.54, 1.807) is 0 Å². The summed E-state index contributed by atoms with van der Waals surface area (Å²) in [5.74, 6) is 0. The summed E-state index contributed by atoms with van der Waals surface area (Å²) < 4.78 is 11.0. The van der Waals surface area contributed by atoms with E-state index in [4.69, 9.17) is 14.7 Å². The highest BCUT2D eigenvalue weighted by Gasteiger charge is 2.08. The van der Waals surface area contributed by atoms with Crippen LogP contribution in [0.3, 0.4) is 0 Å². The average molecular weight is 220 g/mol. The molecule has 0 aromatic heterocycles. The molecule has 0 aliphatic carbocycles. The molecule has 15 heavy (non-hydrogen) atoms. The smallest absolute Gasteiger partial charge is 0.105 e. The van der Waals surface area contributed by atoms with E-state index in [1.165, 1.54) is 0 Å². The van der Waals surface area contributed by atoms with E-state index in [9.17, 15) is 0 Å². The van der Waals surface area contributed by atoms with Gasteiger partial charge in [-0.25, -0.2) is 4.89 Å². The molecule has 0 aliphatic heterocycles. The maximum Gasteiger partial charge on any atom is 0.105 e. The largest absolute Gasteiger partial charge is 0.376 e. The lowest BCUT2D eigenvalue weighted by Crippen LogP contribution is -2.22. The zero-order chi connectivity index (χ0) is 11.5. The fourth-order valence-corrected chi connectivity index (χ4v) is 1.33. The van der Waals surface area contributed by atoms with E-state index in [0.29, 0.717) is 19.3 Å². The van der Waals surface area contributed by atoms with Crippen LogP contribution in [-0.2, 0) is 14.4 Å². The Morgan fingerprint density at radius 3 is 2.40 bits per heavy atom. The van der Waals surface area contributed by atoms with Crippen LogP contribution < -0.4 is 0 Å². The Kier molecular flexibility index (Phi) is 10.3. The van der Waals surface area contributed by atoms with Gasteiger partial charge >= 0.3 is 0 Å². The summed E-state index contributed by atoms with van der Waals surface area (Å²) >= 11 is 0. The van der Waals surface area contributed by atoms with Gasteiger partial charge in [-0.15, -0.1) is 0 Å². The van der Waals surface area contributed by atoms with Gasteiger partial charge in [0.2, 0.25) is 0 Å². The van der Waals surface area contributed by atoms with Gasteiger partial charge in [0.15, 0.2) is 0 Å². The molecule has 1 N–H and O–H groups in total. The van der Waals surface area contributed by atoms with Crippen molar-refractivity contribution in [3.8, 4) is 0 Å².